The normalized spacial score (nSPS) is 13.5. The van der Waals surface area contributed by atoms with Gasteiger partial charge < -0.3 is 15.6 Å². The summed E-state index contributed by atoms with van der Waals surface area (Å²) >= 11 is 0. The summed E-state index contributed by atoms with van der Waals surface area (Å²) in [6.07, 6.45) is -0.338. The molecule has 11 heteroatoms. The van der Waals surface area contributed by atoms with E-state index in [0.717, 1.165) is 57.6 Å². The van der Waals surface area contributed by atoms with Crippen molar-refractivity contribution in [2.45, 2.75) is 45.8 Å². The van der Waals surface area contributed by atoms with Gasteiger partial charge in [0.15, 0.2) is 11.6 Å². The number of aromatic amines is 1. The van der Waals surface area contributed by atoms with Crippen LogP contribution in [-0.4, -0.2) is 32.2 Å². The van der Waals surface area contributed by atoms with Gasteiger partial charge in [-0.05, 0) is 42.2 Å². The number of primary amides is 1. The molecule has 7 nitrogen and oxygen atoms in total. The minimum absolute atomic E-state index is 0.147. The summed E-state index contributed by atoms with van der Waals surface area (Å²) < 4.78 is 56.5. The Hall–Kier alpha value is -4.67. The van der Waals surface area contributed by atoms with Gasteiger partial charge in [0.1, 0.15) is 0 Å². The van der Waals surface area contributed by atoms with Crippen LogP contribution in [0, 0.1) is 5.82 Å². The van der Waals surface area contributed by atoms with Gasteiger partial charge in [-0.3, -0.25) is 4.79 Å². The van der Waals surface area contributed by atoms with Crippen molar-refractivity contribution in [3.05, 3.63) is 94.2 Å². The molecule has 1 aliphatic rings. The minimum Gasteiger partial charge on any atom is -0.366 e. The maximum absolute atomic E-state index is 15.0. The fourth-order valence-electron chi connectivity index (χ4n) is 5.87. The minimum atomic E-state index is -4.70. The van der Waals surface area contributed by atoms with Gasteiger partial charge in [-0.15, -0.1) is 0 Å². The number of amides is 1. The van der Waals surface area contributed by atoms with Gasteiger partial charge in [-0.2, -0.15) is 18.3 Å². The zero-order valence-corrected chi connectivity index (χ0v) is 23.0. The Kier molecular flexibility index (Phi) is 6.75. The maximum atomic E-state index is 15.0. The lowest BCUT2D eigenvalue weighted by atomic mass is 9.96. The van der Waals surface area contributed by atoms with Crippen LogP contribution in [0.25, 0.3) is 27.8 Å². The van der Waals surface area contributed by atoms with Gasteiger partial charge in [-0.25, -0.2) is 14.1 Å². The average molecular weight is 577 g/mol. The molecule has 42 heavy (non-hydrogen) atoms. The fourth-order valence-corrected chi connectivity index (χ4v) is 5.87. The number of nitrogens with one attached hydrogen (secondary N) is 1. The third-order valence-electron chi connectivity index (χ3n) is 7.90. The number of halogens is 4. The van der Waals surface area contributed by atoms with E-state index in [1.165, 1.54) is 0 Å². The summed E-state index contributed by atoms with van der Waals surface area (Å²) in [6.45, 7) is 4.66. The molecule has 1 amide bonds. The summed E-state index contributed by atoms with van der Waals surface area (Å²) in [5.41, 5.74) is 11.8. The maximum Gasteiger partial charge on any atom is 0.417 e. The highest BCUT2D eigenvalue weighted by molar-refractivity contribution is 6.09. The van der Waals surface area contributed by atoms with Gasteiger partial charge in [-0.1, -0.05) is 38.1 Å². The SMILES string of the molecule is CCc1cccc(CC)c1-n1nc2c(c1-c1ccc(C(N)=O)c3[nH]ccc13)CN(c1ncc(C(F)(F)F)cc1F)CC2. The van der Waals surface area contributed by atoms with Crippen LogP contribution in [0.5, 0.6) is 0 Å². The summed E-state index contributed by atoms with van der Waals surface area (Å²) in [7, 11) is 0. The number of aromatic nitrogens is 4. The van der Waals surface area contributed by atoms with Crippen LogP contribution in [0.1, 0.15) is 52.2 Å². The lowest BCUT2D eigenvalue weighted by Gasteiger charge is -2.28. The van der Waals surface area contributed by atoms with Crippen LogP contribution >= 0.6 is 0 Å². The van der Waals surface area contributed by atoms with Crippen LogP contribution in [0.4, 0.5) is 23.4 Å². The molecular weight excluding hydrogens is 548 g/mol. The molecule has 0 atom stereocenters. The standard InChI is InChI=1S/C31H28F4N6O/c1-3-17-6-5-7-18(4-2)27(17)41-28(21-8-9-22(29(36)42)26-20(21)10-12-37-26)23-16-40(13-11-25(23)39-41)30-24(32)14-19(15-38-30)31(33,34)35/h5-10,12,14-15,37H,3-4,11,13,16H2,1-2H3,(H2,36,42). The number of para-hydroxylation sites is 1. The number of nitrogens with zero attached hydrogens (tertiary/aromatic N) is 4. The van der Waals surface area contributed by atoms with E-state index in [4.69, 9.17) is 10.8 Å². The number of fused-ring (bicyclic) bond motifs is 2. The summed E-state index contributed by atoms with van der Waals surface area (Å²) in [5, 5.41) is 5.85. The van der Waals surface area contributed by atoms with Crippen LogP contribution < -0.4 is 10.6 Å². The fraction of sp³-hybridized carbons (Fsp3) is 0.258. The van der Waals surface area contributed by atoms with Crippen molar-refractivity contribution in [3.8, 4) is 16.9 Å². The molecule has 2 aromatic carbocycles. The highest BCUT2D eigenvalue weighted by atomic mass is 19.4. The first-order chi connectivity index (χ1) is 20.1. The number of nitrogens with two attached hydrogens (primary N) is 1. The Bertz CT molecular complexity index is 1820. The first kappa shape index (κ1) is 27.5. The van der Waals surface area contributed by atoms with Crippen LogP contribution in [0.15, 0.2) is 54.9 Å². The van der Waals surface area contributed by atoms with Crippen molar-refractivity contribution in [1.29, 1.82) is 0 Å². The van der Waals surface area contributed by atoms with Crippen molar-refractivity contribution in [2.75, 3.05) is 11.4 Å². The zero-order chi connectivity index (χ0) is 29.8. The third kappa shape index (κ3) is 4.49. The summed E-state index contributed by atoms with van der Waals surface area (Å²) in [4.78, 5) is 20.8. The van der Waals surface area contributed by atoms with E-state index in [-0.39, 0.29) is 12.4 Å². The molecule has 0 bridgehead atoms. The number of hydrogen-bond acceptors (Lipinski definition) is 4. The second-order valence-electron chi connectivity index (χ2n) is 10.3. The van der Waals surface area contributed by atoms with E-state index >= 15 is 4.39 Å². The molecule has 4 heterocycles. The topological polar surface area (TPSA) is 92.8 Å². The molecule has 5 aromatic rings. The molecule has 0 aliphatic carbocycles. The number of benzene rings is 2. The van der Waals surface area contributed by atoms with E-state index in [9.17, 15) is 18.0 Å². The summed E-state index contributed by atoms with van der Waals surface area (Å²) in [5.74, 6) is -1.75. The molecule has 0 saturated carbocycles. The van der Waals surface area contributed by atoms with E-state index in [0.29, 0.717) is 36.3 Å². The molecule has 216 valence electrons. The lowest BCUT2D eigenvalue weighted by Crippen LogP contribution is -2.32. The zero-order valence-electron chi connectivity index (χ0n) is 23.0. The predicted octanol–water partition coefficient (Wildman–Crippen LogP) is 6.36. The molecule has 3 N–H and O–H groups in total. The van der Waals surface area contributed by atoms with Crippen LogP contribution in [-0.2, 0) is 32.0 Å². The second kappa shape index (κ2) is 10.3. The van der Waals surface area contributed by atoms with E-state index < -0.39 is 23.5 Å². The van der Waals surface area contributed by atoms with Crippen molar-refractivity contribution in [2.24, 2.45) is 5.73 Å². The number of carbonyl (C=O) groups is 1. The number of rotatable bonds is 6. The van der Waals surface area contributed by atoms with E-state index in [1.54, 1.807) is 17.2 Å². The average Bonchev–Trinajstić information content (AvgIpc) is 3.60. The van der Waals surface area contributed by atoms with Gasteiger partial charge >= 0.3 is 6.18 Å². The molecule has 0 radical (unpaired) electrons. The van der Waals surface area contributed by atoms with Gasteiger partial charge in [0, 0.05) is 48.4 Å². The first-order valence-electron chi connectivity index (χ1n) is 13.7. The summed E-state index contributed by atoms with van der Waals surface area (Å²) in [6, 6.07) is 12.0. The lowest BCUT2D eigenvalue weighted by molar-refractivity contribution is -0.138. The van der Waals surface area contributed by atoms with E-state index in [2.05, 4.69) is 35.9 Å². The van der Waals surface area contributed by atoms with Crippen LogP contribution in [0.3, 0.4) is 0 Å². The van der Waals surface area contributed by atoms with Crippen molar-refractivity contribution >= 4 is 22.6 Å². The second-order valence-corrected chi connectivity index (χ2v) is 10.3. The number of anilines is 1. The molecule has 0 saturated heterocycles. The number of alkyl halides is 3. The Morgan fingerprint density at radius 1 is 1.10 bits per heavy atom. The highest BCUT2D eigenvalue weighted by Crippen LogP contribution is 2.40. The Morgan fingerprint density at radius 3 is 2.48 bits per heavy atom. The Balaban J connectivity index is 1.58. The number of H-pyrrole nitrogens is 1. The molecule has 3 aromatic heterocycles. The molecule has 0 spiro atoms. The van der Waals surface area contributed by atoms with Crippen molar-refractivity contribution < 1.29 is 22.4 Å². The third-order valence-corrected chi connectivity index (χ3v) is 7.90. The number of hydrogen-bond donors (Lipinski definition) is 2. The smallest absolute Gasteiger partial charge is 0.366 e. The van der Waals surface area contributed by atoms with Crippen molar-refractivity contribution in [3.63, 3.8) is 0 Å². The molecule has 1 aliphatic heterocycles. The number of carbonyl (C=O) groups excluding carboxylic acids is 1. The Morgan fingerprint density at radius 2 is 1.83 bits per heavy atom. The molecular formula is C31H28F4N6O. The monoisotopic (exact) mass is 576 g/mol. The molecule has 0 fully saturated rings. The Labute approximate surface area is 239 Å². The largest absolute Gasteiger partial charge is 0.417 e. The quantitative estimate of drug-likeness (QED) is 0.230. The number of pyridine rings is 1. The highest BCUT2D eigenvalue weighted by Gasteiger charge is 2.34. The van der Waals surface area contributed by atoms with Gasteiger partial charge in [0.2, 0.25) is 0 Å². The molecule has 0 unspecified atom stereocenters. The van der Waals surface area contributed by atoms with Crippen LogP contribution in [0.2, 0.25) is 0 Å². The first-order valence-corrected chi connectivity index (χ1v) is 13.7. The van der Waals surface area contributed by atoms with Gasteiger partial charge in [0.05, 0.1) is 33.7 Å². The van der Waals surface area contributed by atoms with Crippen molar-refractivity contribution in [1.82, 2.24) is 19.7 Å². The van der Waals surface area contributed by atoms with E-state index in [1.807, 2.05) is 22.9 Å². The predicted molar refractivity (Wildman–Crippen MR) is 152 cm³/mol. The molecule has 6 rings (SSSR count). The van der Waals surface area contributed by atoms with Gasteiger partial charge in [0.25, 0.3) is 5.91 Å². The number of aryl methyl sites for hydroxylation is 2.